The van der Waals surface area contributed by atoms with Crippen molar-refractivity contribution in [2.24, 2.45) is 0 Å². The Balaban J connectivity index is 1.50. The van der Waals surface area contributed by atoms with Gasteiger partial charge in [0.05, 0.1) is 56.5 Å². The smallest absolute Gasteiger partial charge is 0.280 e. The van der Waals surface area contributed by atoms with Crippen LogP contribution in [0.25, 0.3) is 27.7 Å². The summed E-state index contributed by atoms with van der Waals surface area (Å²) in [5.74, 6) is -5.17. The van der Waals surface area contributed by atoms with Crippen LogP contribution in [0, 0.1) is 11.6 Å². The van der Waals surface area contributed by atoms with Gasteiger partial charge < -0.3 is 19.4 Å². The molecule has 0 amide bonds. The summed E-state index contributed by atoms with van der Waals surface area (Å²) in [6.07, 6.45) is -0.566. The average molecular weight is 557 g/mol. The highest BCUT2D eigenvalue weighted by molar-refractivity contribution is 5.90. The molecule has 1 aliphatic rings. The molecule has 0 aliphatic carbocycles. The van der Waals surface area contributed by atoms with E-state index in [9.17, 15) is 22.0 Å². The Bertz CT molecular complexity index is 1490. The molecular formula is C24H25F6N7O2. The zero-order valence-corrected chi connectivity index (χ0v) is 21.0. The highest BCUT2D eigenvalue weighted by Gasteiger charge is 2.45. The summed E-state index contributed by atoms with van der Waals surface area (Å²) in [4.78, 5) is 9.61. The van der Waals surface area contributed by atoms with Crippen molar-refractivity contribution in [3.8, 4) is 17.0 Å². The first-order valence-corrected chi connectivity index (χ1v) is 12.0. The van der Waals surface area contributed by atoms with Crippen LogP contribution in [0.3, 0.4) is 0 Å². The minimum Gasteiger partial charge on any atom is -0.479 e. The van der Waals surface area contributed by atoms with Gasteiger partial charge in [-0.1, -0.05) is 0 Å². The van der Waals surface area contributed by atoms with Gasteiger partial charge in [0.1, 0.15) is 11.0 Å². The summed E-state index contributed by atoms with van der Waals surface area (Å²) in [5, 5.41) is 6.79. The minimum atomic E-state index is -3.11. The van der Waals surface area contributed by atoms with Crippen LogP contribution >= 0.6 is 0 Å². The van der Waals surface area contributed by atoms with Gasteiger partial charge in [0.2, 0.25) is 11.8 Å². The van der Waals surface area contributed by atoms with E-state index in [1.165, 1.54) is 20.3 Å². The number of likely N-dealkylation sites (tertiary alicyclic amines) is 1. The molecule has 15 heteroatoms. The van der Waals surface area contributed by atoms with Crippen molar-refractivity contribution < 1.29 is 35.8 Å². The number of alkyl halides is 4. The lowest BCUT2D eigenvalue weighted by Gasteiger charge is -2.38. The molecule has 210 valence electrons. The number of hydrogen-bond acceptors (Lipinski definition) is 7. The number of aromatic nitrogens is 5. The second kappa shape index (κ2) is 10.5. The van der Waals surface area contributed by atoms with Crippen LogP contribution in [0.15, 0.2) is 24.7 Å². The summed E-state index contributed by atoms with van der Waals surface area (Å²) in [6.45, 7) is -0.107. The fraction of sp³-hybridized carbons (Fsp3) is 0.458. The molecule has 39 heavy (non-hydrogen) atoms. The van der Waals surface area contributed by atoms with Gasteiger partial charge >= 0.3 is 0 Å². The number of hydrogen-bond donors (Lipinski definition) is 1. The topological polar surface area (TPSA) is 81.7 Å². The first-order chi connectivity index (χ1) is 18.6. The fourth-order valence-electron chi connectivity index (χ4n) is 4.81. The van der Waals surface area contributed by atoms with Crippen molar-refractivity contribution >= 4 is 22.5 Å². The average Bonchev–Trinajstić information content (AvgIpc) is 3.43. The minimum absolute atomic E-state index is 0.000343. The quantitative estimate of drug-likeness (QED) is 0.311. The Hall–Kier alpha value is -3.59. The number of benzene rings is 1. The predicted octanol–water partition coefficient (Wildman–Crippen LogP) is 4.07. The van der Waals surface area contributed by atoms with Crippen molar-refractivity contribution in [3.05, 3.63) is 36.3 Å². The number of halogens is 6. The Morgan fingerprint density at radius 1 is 1.18 bits per heavy atom. The van der Waals surface area contributed by atoms with Crippen LogP contribution < -0.4 is 10.1 Å². The molecule has 9 nitrogen and oxygen atoms in total. The highest BCUT2D eigenvalue weighted by Crippen LogP contribution is 2.37. The Labute approximate surface area is 218 Å². The fourth-order valence-corrected chi connectivity index (χ4v) is 4.81. The van der Waals surface area contributed by atoms with Gasteiger partial charge in [-0.3, -0.25) is 4.90 Å². The lowest BCUT2D eigenvalue weighted by molar-refractivity contribution is -0.0770. The van der Waals surface area contributed by atoms with E-state index < -0.39 is 43.1 Å². The normalized spacial score (nSPS) is 17.9. The largest absolute Gasteiger partial charge is 0.479 e. The van der Waals surface area contributed by atoms with E-state index in [1.807, 2.05) is 0 Å². The van der Waals surface area contributed by atoms with Gasteiger partial charge in [-0.05, 0) is 24.1 Å². The van der Waals surface area contributed by atoms with Gasteiger partial charge in [-0.25, -0.2) is 35.8 Å². The number of nitrogens with zero attached hydrogens (tertiary/aromatic N) is 6. The van der Waals surface area contributed by atoms with E-state index in [0.717, 1.165) is 27.7 Å². The number of nitrogens with one attached hydrogen (secondary N) is 1. The molecule has 0 spiro atoms. The Morgan fingerprint density at radius 2 is 1.97 bits per heavy atom. The first-order valence-electron chi connectivity index (χ1n) is 12.0. The molecule has 1 atom stereocenters. The molecule has 0 unspecified atom stereocenters. The van der Waals surface area contributed by atoms with E-state index in [2.05, 4.69) is 20.4 Å². The predicted molar refractivity (Wildman–Crippen MR) is 129 cm³/mol. The third-order valence-electron chi connectivity index (χ3n) is 6.64. The van der Waals surface area contributed by atoms with Crippen LogP contribution in [0.2, 0.25) is 0 Å². The molecule has 5 rings (SSSR count). The number of rotatable bonds is 9. The number of methoxy groups -OCH3 is 2. The Morgan fingerprint density at radius 3 is 2.67 bits per heavy atom. The molecule has 1 fully saturated rings. The Kier molecular flexibility index (Phi) is 7.29. The van der Waals surface area contributed by atoms with Crippen LogP contribution in [0.4, 0.5) is 32.3 Å². The van der Waals surface area contributed by atoms with Crippen molar-refractivity contribution in [2.45, 2.75) is 31.4 Å². The van der Waals surface area contributed by atoms with Crippen molar-refractivity contribution in [2.75, 3.05) is 45.8 Å². The number of ether oxygens (including phenoxy) is 2. The van der Waals surface area contributed by atoms with Gasteiger partial charge in [0, 0.05) is 20.2 Å². The summed E-state index contributed by atoms with van der Waals surface area (Å²) in [5.41, 5.74) is -0.247. The van der Waals surface area contributed by atoms with Crippen LogP contribution in [0.1, 0.15) is 6.42 Å². The molecule has 4 heterocycles. The molecule has 0 radical (unpaired) electrons. The van der Waals surface area contributed by atoms with Crippen molar-refractivity contribution in [1.82, 2.24) is 29.0 Å². The van der Waals surface area contributed by atoms with Crippen molar-refractivity contribution in [3.63, 3.8) is 0 Å². The monoisotopic (exact) mass is 557 g/mol. The summed E-state index contributed by atoms with van der Waals surface area (Å²) in [7, 11) is 2.76. The lowest BCUT2D eigenvalue weighted by atomic mass is 10.0. The maximum atomic E-state index is 15.3. The second-order valence-electron chi connectivity index (χ2n) is 9.22. The van der Waals surface area contributed by atoms with Gasteiger partial charge in [0.15, 0.2) is 11.6 Å². The van der Waals surface area contributed by atoms with Gasteiger partial charge in [-0.15, -0.1) is 5.10 Å². The van der Waals surface area contributed by atoms with Crippen LogP contribution in [0.5, 0.6) is 5.88 Å². The number of anilines is 1. The molecule has 1 saturated heterocycles. The maximum Gasteiger partial charge on any atom is 0.280 e. The van der Waals surface area contributed by atoms with E-state index in [4.69, 9.17) is 9.47 Å². The maximum absolute atomic E-state index is 15.3. The van der Waals surface area contributed by atoms with E-state index in [0.29, 0.717) is 19.7 Å². The zero-order chi connectivity index (χ0) is 27.9. The molecule has 0 bridgehead atoms. The van der Waals surface area contributed by atoms with Gasteiger partial charge in [-0.2, -0.15) is 4.98 Å². The third-order valence-corrected chi connectivity index (χ3v) is 6.64. The summed E-state index contributed by atoms with van der Waals surface area (Å²) < 4.78 is 98.3. The van der Waals surface area contributed by atoms with E-state index in [-0.39, 0.29) is 45.9 Å². The molecule has 1 aliphatic heterocycles. The second-order valence-corrected chi connectivity index (χ2v) is 9.22. The first kappa shape index (κ1) is 27.0. The SMILES string of the molecule is COCCN1CC[C@@H](Nc2nc(OC)c3c(-c4cc(F)c5ncn(CC(F)F)c5c4)c(F)cn3n2)C(F)(F)C1. The van der Waals surface area contributed by atoms with E-state index >= 15 is 4.39 Å². The molecular weight excluding hydrogens is 532 g/mol. The molecule has 4 aromatic rings. The number of imidazole rings is 1. The number of fused-ring (bicyclic) bond motifs is 2. The van der Waals surface area contributed by atoms with Crippen molar-refractivity contribution in [1.29, 1.82) is 0 Å². The van der Waals surface area contributed by atoms with E-state index in [1.54, 1.807) is 4.90 Å². The lowest BCUT2D eigenvalue weighted by Crippen LogP contribution is -2.55. The number of piperidine rings is 1. The molecule has 1 aromatic carbocycles. The van der Waals surface area contributed by atoms with Gasteiger partial charge in [0.25, 0.3) is 12.3 Å². The summed E-state index contributed by atoms with van der Waals surface area (Å²) in [6, 6.07) is 1.06. The zero-order valence-electron chi connectivity index (χ0n) is 21.0. The van der Waals surface area contributed by atoms with Crippen LogP contribution in [-0.2, 0) is 11.3 Å². The molecule has 1 N–H and O–H groups in total. The molecule has 0 saturated carbocycles. The standard InChI is InChI=1S/C24H25F6N7O2/c1-38-6-5-35-4-3-17(24(29,30)11-35)32-23-33-22(39-2)21-19(15(26)9-37(21)34-23)13-7-14(25)20-16(8-13)36(12-31-20)10-18(27)28/h7-9,12,17-18H,3-6,10-11H2,1-2H3,(H,32,34)/t17-/m1/s1. The third kappa shape index (κ3) is 5.20. The molecule has 3 aromatic heterocycles. The summed E-state index contributed by atoms with van der Waals surface area (Å²) >= 11 is 0. The highest BCUT2D eigenvalue weighted by atomic mass is 19.3. The van der Waals surface area contributed by atoms with Crippen LogP contribution in [-0.4, -0.2) is 87.9 Å².